The van der Waals surface area contributed by atoms with Crippen molar-refractivity contribution < 1.29 is 0 Å². The maximum Gasteiger partial charge on any atom is 0.0402 e. The summed E-state index contributed by atoms with van der Waals surface area (Å²) in [5.74, 6) is 6.65. The van der Waals surface area contributed by atoms with Gasteiger partial charge in [-0.25, -0.2) is 0 Å². The van der Waals surface area contributed by atoms with E-state index in [-0.39, 0.29) is 0 Å². The molecule has 0 bridgehead atoms. The van der Waals surface area contributed by atoms with Crippen LogP contribution < -0.4 is 5.32 Å². The molecule has 0 spiro atoms. The van der Waals surface area contributed by atoms with Crippen LogP contribution in [0.2, 0.25) is 0 Å². The summed E-state index contributed by atoms with van der Waals surface area (Å²) in [6, 6.07) is 19.2. The van der Waals surface area contributed by atoms with Crippen LogP contribution in [0.25, 0.3) is 21.5 Å². The van der Waals surface area contributed by atoms with E-state index in [9.17, 15) is 0 Å². The molecule has 3 rings (SSSR count). The molecule has 1 N–H and O–H groups in total. The summed E-state index contributed by atoms with van der Waals surface area (Å²) in [6.45, 7) is 0.926. The number of rotatable bonds is 2. The molecular formula is C19H17N. The minimum absolute atomic E-state index is 0.869. The second-order valence-corrected chi connectivity index (χ2v) is 4.85. The molecule has 1 heteroatoms. The Morgan fingerprint density at radius 3 is 2.10 bits per heavy atom. The van der Waals surface area contributed by atoms with Crippen LogP contribution in [0.1, 0.15) is 12.0 Å². The minimum Gasteiger partial charge on any atom is -0.319 e. The first-order chi connectivity index (χ1) is 9.90. The Bertz CT molecular complexity index is 752. The molecule has 0 aliphatic carbocycles. The maximum absolute atomic E-state index is 3.38. The smallest absolute Gasteiger partial charge is 0.0402 e. The van der Waals surface area contributed by atoms with Gasteiger partial charge in [-0.3, -0.25) is 0 Å². The third kappa shape index (κ3) is 2.39. The predicted octanol–water partition coefficient (Wildman–Crippen LogP) is 3.95. The number of benzene rings is 3. The van der Waals surface area contributed by atoms with Gasteiger partial charge in [0, 0.05) is 18.5 Å². The van der Waals surface area contributed by atoms with Gasteiger partial charge in [-0.05, 0) is 34.7 Å². The molecule has 0 atom stereocenters. The van der Waals surface area contributed by atoms with Crippen LogP contribution in [0, 0.1) is 11.8 Å². The van der Waals surface area contributed by atoms with Crippen LogP contribution in [0.3, 0.4) is 0 Å². The molecule has 98 valence electrons. The zero-order valence-electron chi connectivity index (χ0n) is 11.6. The first-order valence-corrected chi connectivity index (χ1v) is 6.94. The van der Waals surface area contributed by atoms with Gasteiger partial charge in [0.05, 0.1) is 0 Å². The third-order valence-electron chi connectivity index (χ3n) is 3.48. The lowest BCUT2D eigenvalue weighted by Gasteiger charge is -2.06. The van der Waals surface area contributed by atoms with Crippen LogP contribution >= 0.6 is 0 Å². The molecular weight excluding hydrogens is 242 g/mol. The summed E-state index contributed by atoms with van der Waals surface area (Å²) in [7, 11) is 1.95. The van der Waals surface area contributed by atoms with E-state index < -0.39 is 0 Å². The summed E-state index contributed by atoms with van der Waals surface area (Å²) in [5.41, 5.74) is 1.15. The molecule has 0 fully saturated rings. The van der Waals surface area contributed by atoms with E-state index in [0.29, 0.717) is 0 Å². The summed E-state index contributed by atoms with van der Waals surface area (Å²) >= 11 is 0. The van der Waals surface area contributed by atoms with Gasteiger partial charge in [0.1, 0.15) is 0 Å². The van der Waals surface area contributed by atoms with Crippen molar-refractivity contribution in [2.75, 3.05) is 13.6 Å². The van der Waals surface area contributed by atoms with Gasteiger partial charge in [-0.2, -0.15) is 0 Å². The molecule has 20 heavy (non-hydrogen) atoms. The molecule has 0 aliphatic heterocycles. The van der Waals surface area contributed by atoms with Gasteiger partial charge >= 0.3 is 0 Å². The predicted molar refractivity (Wildman–Crippen MR) is 86.9 cm³/mol. The van der Waals surface area contributed by atoms with Crippen LogP contribution in [0.15, 0.2) is 54.6 Å². The highest BCUT2D eigenvalue weighted by atomic mass is 14.8. The summed E-state index contributed by atoms with van der Waals surface area (Å²) in [4.78, 5) is 0. The Morgan fingerprint density at radius 2 is 1.50 bits per heavy atom. The third-order valence-corrected chi connectivity index (χ3v) is 3.48. The maximum atomic E-state index is 3.38. The summed E-state index contributed by atoms with van der Waals surface area (Å²) in [5, 5.41) is 8.11. The molecule has 1 nitrogen and oxygen atoms in total. The first kappa shape index (κ1) is 12.7. The normalized spacial score (nSPS) is 10.4. The fraction of sp³-hybridized carbons (Fsp3) is 0.158. The Balaban J connectivity index is 2.24. The van der Waals surface area contributed by atoms with Gasteiger partial charge in [-0.15, -0.1) is 0 Å². The van der Waals surface area contributed by atoms with Crippen molar-refractivity contribution in [3.8, 4) is 11.8 Å². The summed E-state index contributed by atoms with van der Waals surface area (Å²) in [6.07, 6.45) is 0.869. The first-order valence-electron chi connectivity index (χ1n) is 6.94. The van der Waals surface area contributed by atoms with Crippen molar-refractivity contribution in [2.45, 2.75) is 6.42 Å². The largest absolute Gasteiger partial charge is 0.319 e. The molecule has 3 aromatic rings. The minimum atomic E-state index is 0.869. The number of hydrogen-bond acceptors (Lipinski definition) is 1. The van der Waals surface area contributed by atoms with E-state index in [0.717, 1.165) is 18.5 Å². The van der Waals surface area contributed by atoms with Crippen molar-refractivity contribution in [3.63, 3.8) is 0 Å². The molecule has 0 radical (unpaired) electrons. The van der Waals surface area contributed by atoms with Crippen LogP contribution in [0.4, 0.5) is 0 Å². The Morgan fingerprint density at radius 1 is 0.900 bits per heavy atom. The van der Waals surface area contributed by atoms with Crippen molar-refractivity contribution in [1.29, 1.82) is 0 Å². The average Bonchev–Trinajstić information content (AvgIpc) is 2.50. The standard InChI is InChI=1S/C19H17N/c1-20-13-7-6-12-19-17-10-4-2-8-15(17)14-16-9-3-5-11-18(16)19/h2-5,8-11,14,20H,7,13H2,1H3. The second-order valence-electron chi connectivity index (χ2n) is 4.85. The van der Waals surface area contributed by atoms with E-state index in [4.69, 9.17) is 0 Å². The molecule has 0 amide bonds. The molecule has 3 aromatic carbocycles. The Hall–Kier alpha value is -2.30. The SMILES string of the molecule is CNCCC#Cc1c2ccccc2cc2ccccc12. The zero-order chi connectivity index (χ0) is 13.8. The average molecular weight is 259 g/mol. The van der Waals surface area contributed by atoms with Gasteiger partial charge < -0.3 is 5.32 Å². The van der Waals surface area contributed by atoms with E-state index >= 15 is 0 Å². The van der Waals surface area contributed by atoms with Crippen molar-refractivity contribution >= 4 is 21.5 Å². The van der Waals surface area contributed by atoms with Crippen molar-refractivity contribution in [2.24, 2.45) is 0 Å². The number of fused-ring (bicyclic) bond motifs is 2. The topological polar surface area (TPSA) is 12.0 Å². The monoisotopic (exact) mass is 259 g/mol. The van der Waals surface area contributed by atoms with E-state index in [2.05, 4.69) is 71.8 Å². The Labute approximate surface area is 119 Å². The van der Waals surface area contributed by atoms with E-state index in [1.54, 1.807) is 0 Å². The lowest BCUT2D eigenvalue weighted by Crippen LogP contribution is -2.05. The fourth-order valence-corrected chi connectivity index (χ4v) is 2.49. The number of hydrogen-bond donors (Lipinski definition) is 1. The highest BCUT2D eigenvalue weighted by Crippen LogP contribution is 2.27. The second kappa shape index (κ2) is 5.77. The van der Waals surface area contributed by atoms with Crippen molar-refractivity contribution in [1.82, 2.24) is 5.32 Å². The fourth-order valence-electron chi connectivity index (χ4n) is 2.49. The molecule has 0 unspecified atom stereocenters. The lowest BCUT2D eigenvalue weighted by atomic mass is 9.97. The van der Waals surface area contributed by atoms with Gasteiger partial charge in [0.15, 0.2) is 0 Å². The van der Waals surface area contributed by atoms with Crippen LogP contribution in [-0.4, -0.2) is 13.6 Å². The van der Waals surface area contributed by atoms with Crippen LogP contribution in [-0.2, 0) is 0 Å². The Kier molecular flexibility index (Phi) is 3.67. The van der Waals surface area contributed by atoms with Crippen LogP contribution in [0.5, 0.6) is 0 Å². The number of nitrogens with one attached hydrogen (secondary N) is 1. The molecule has 0 saturated heterocycles. The molecule has 0 aliphatic rings. The molecule has 0 aromatic heterocycles. The quantitative estimate of drug-likeness (QED) is 0.417. The molecule has 0 heterocycles. The highest BCUT2D eigenvalue weighted by molar-refractivity contribution is 6.04. The van der Waals surface area contributed by atoms with Gasteiger partial charge in [0.2, 0.25) is 0 Å². The van der Waals surface area contributed by atoms with Gasteiger partial charge in [0.25, 0.3) is 0 Å². The van der Waals surface area contributed by atoms with Gasteiger partial charge in [-0.1, -0.05) is 60.4 Å². The highest BCUT2D eigenvalue weighted by Gasteiger charge is 2.04. The van der Waals surface area contributed by atoms with E-state index in [1.807, 2.05) is 7.05 Å². The van der Waals surface area contributed by atoms with E-state index in [1.165, 1.54) is 21.5 Å². The summed E-state index contributed by atoms with van der Waals surface area (Å²) < 4.78 is 0. The molecule has 0 saturated carbocycles. The lowest BCUT2D eigenvalue weighted by molar-refractivity contribution is 0.818. The van der Waals surface area contributed by atoms with Crippen molar-refractivity contribution in [3.05, 3.63) is 60.2 Å². The zero-order valence-corrected chi connectivity index (χ0v) is 11.6.